The predicted octanol–water partition coefficient (Wildman–Crippen LogP) is 3.67. The van der Waals surface area contributed by atoms with E-state index < -0.39 is 0 Å². The molecule has 29 heavy (non-hydrogen) atoms. The van der Waals surface area contributed by atoms with Gasteiger partial charge in [0.15, 0.2) is 5.96 Å². The van der Waals surface area contributed by atoms with E-state index in [1.165, 1.54) is 0 Å². The average Bonchev–Trinajstić information content (AvgIpc) is 3.25. The van der Waals surface area contributed by atoms with Crippen molar-refractivity contribution < 1.29 is 4.74 Å². The van der Waals surface area contributed by atoms with Crippen molar-refractivity contribution in [1.29, 1.82) is 0 Å². The van der Waals surface area contributed by atoms with Gasteiger partial charge in [-0.25, -0.2) is 9.97 Å². The second-order valence-electron chi connectivity index (χ2n) is 6.18. The van der Waals surface area contributed by atoms with Gasteiger partial charge in [-0.1, -0.05) is 11.6 Å². The number of hydrogen-bond donors (Lipinski definition) is 2. The first kappa shape index (κ1) is 23.0. The molecule has 2 N–H and O–H groups in total. The van der Waals surface area contributed by atoms with E-state index in [0.29, 0.717) is 24.1 Å². The van der Waals surface area contributed by atoms with Crippen molar-refractivity contribution in [3.8, 4) is 11.6 Å². The Morgan fingerprint density at radius 1 is 1.21 bits per heavy atom. The van der Waals surface area contributed by atoms with Gasteiger partial charge >= 0.3 is 0 Å². The van der Waals surface area contributed by atoms with Gasteiger partial charge in [0.25, 0.3) is 0 Å². The van der Waals surface area contributed by atoms with E-state index in [4.69, 9.17) is 16.3 Å². The molecule has 9 heteroatoms. The summed E-state index contributed by atoms with van der Waals surface area (Å²) in [7, 11) is 1.74. The summed E-state index contributed by atoms with van der Waals surface area (Å²) in [6, 6.07) is 11.3. The zero-order valence-corrected chi connectivity index (χ0v) is 19.3. The van der Waals surface area contributed by atoms with Crippen molar-refractivity contribution in [1.82, 2.24) is 25.2 Å². The van der Waals surface area contributed by atoms with Crippen LogP contribution in [0.15, 0.2) is 66.3 Å². The van der Waals surface area contributed by atoms with Crippen LogP contribution < -0.4 is 15.4 Å². The van der Waals surface area contributed by atoms with Gasteiger partial charge in [0, 0.05) is 37.2 Å². The maximum atomic E-state index is 5.89. The number of benzene rings is 1. The number of imidazole rings is 1. The molecule has 0 aliphatic heterocycles. The number of aromatic nitrogens is 3. The summed E-state index contributed by atoms with van der Waals surface area (Å²) in [4.78, 5) is 12.7. The van der Waals surface area contributed by atoms with Crippen LogP contribution in [0, 0.1) is 0 Å². The van der Waals surface area contributed by atoms with Crippen LogP contribution in [0.2, 0.25) is 5.02 Å². The van der Waals surface area contributed by atoms with Crippen molar-refractivity contribution in [2.24, 2.45) is 4.99 Å². The molecule has 0 spiro atoms. The molecule has 0 saturated carbocycles. The van der Waals surface area contributed by atoms with Crippen molar-refractivity contribution in [2.45, 2.75) is 19.6 Å². The summed E-state index contributed by atoms with van der Waals surface area (Å²) < 4.78 is 7.73. The van der Waals surface area contributed by atoms with E-state index in [1.54, 1.807) is 25.8 Å². The predicted molar refractivity (Wildman–Crippen MR) is 127 cm³/mol. The molecule has 1 aromatic carbocycles. The van der Waals surface area contributed by atoms with E-state index in [-0.39, 0.29) is 30.1 Å². The third-order valence-corrected chi connectivity index (χ3v) is 4.22. The molecule has 3 rings (SSSR count). The first-order chi connectivity index (χ1) is 13.6. The molecule has 0 bridgehead atoms. The number of aliphatic imine (C=N–C) groups is 1. The molecule has 0 radical (unpaired) electrons. The van der Waals surface area contributed by atoms with E-state index in [0.717, 1.165) is 17.1 Å². The summed E-state index contributed by atoms with van der Waals surface area (Å²) >= 11 is 5.89. The number of hydrogen-bond acceptors (Lipinski definition) is 4. The first-order valence-electron chi connectivity index (χ1n) is 8.94. The Labute approximate surface area is 192 Å². The quantitative estimate of drug-likeness (QED) is 0.279. The van der Waals surface area contributed by atoms with Crippen molar-refractivity contribution in [2.75, 3.05) is 13.6 Å². The summed E-state index contributed by atoms with van der Waals surface area (Å²) in [5.41, 5.74) is 1.09. The molecular formula is C20H24ClIN6O. The lowest BCUT2D eigenvalue weighted by Gasteiger charge is -2.18. The number of halogens is 2. The highest BCUT2D eigenvalue weighted by Gasteiger charge is 2.06. The zero-order chi connectivity index (χ0) is 19.8. The van der Waals surface area contributed by atoms with Crippen LogP contribution >= 0.6 is 35.6 Å². The van der Waals surface area contributed by atoms with Crippen molar-refractivity contribution in [3.63, 3.8) is 0 Å². The third kappa shape index (κ3) is 7.21. The topological polar surface area (TPSA) is 76.4 Å². The number of nitrogens with zero attached hydrogens (tertiary/aromatic N) is 4. The minimum atomic E-state index is -0.0338. The Hall–Kier alpha value is -2.33. The Balaban J connectivity index is 0.00000300. The normalized spacial score (nSPS) is 12.0. The average molecular weight is 527 g/mol. The second kappa shape index (κ2) is 11.6. The Bertz CT molecular complexity index is 902. The van der Waals surface area contributed by atoms with Crippen LogP contribution in [-0.4, -0.2) is 40.2 Å². The SMILES string of the molecule is CN=C(NCc1ccnc(-n2ccnc2)c1)NCC(C)Oc1ccc(Cl)cc1.I. The number of rotatable bonds is 7. The Morgan fingerprint density at radius 3 is 2.69 bits per heavy atom. The van der Waals surface area contributed by atoms with Crippen molar-refractivity contribution >= 4 is 41.5 Å². The molecule has 2 aromatic heterocycles. The second-order valence-corrected chi connectivity index (χ2v) is 6.62. The zero-order valence-electron chi connectivity index (χ0n) is 16.2. The van der Waals surface area contributed by atoms with Gasteiger partial charge in [-0.3, -0.25) is 9.56 Å². The standard InChI is InChI=1S/C20H23ClN6O.HI/c1-15(28-18-5-3-17(21)4-6-18)12-25-20(22-2)26-13-16-7-8-24-19(11-16)27-10-9-23-14-27;/h3-11,14-15H,12-13H2,1-2H3,(H2,22,25,26);1H. The van der Waals surface area contributed by atoms with Crippen molar-refractivity contribution in [3.05, 3.63) is 71.9 Å². The highest BCUT2D eigenvalue weighted by molar-refractivity contribution is 14.0. The van der Waals surface area contributed by atoms with E-state index in [1.807, 2.05) is 54.1 Å². The Morgan fingerprint density at radius 2 is 2.00 bits per heavy atom. The van der Waals surface area contributed by atoms with Gasteiger partial charge in [-0.15, -0.1) is 24.0 Å². The number of guanidine groups is 1. The van der Waals surface area contributed by atoms with E-state index in [2.05, 4.69) is 25.6 Å². The minimum Gasteiger partial charge on any atom is -0.489 e. The molecule has 7 nitrogen and oxygen atoms in total. The molecule has 0 saturated heterocycles. The maximum absolute atomic E-state index is 5.89. The summed E-state index contributed by atoms with van der Waals surface area (Å²) in [5.74, 6) is 2.31. The lowest BCUT2D eigenvalue weighted by atomic mass is 10.2. The Kier molecular flexibility index (Phi) is 9.20. The molecule has 0 aliphatic carbocycles. The van der Waals surface area contributed by atoms with Crippen LogP contribution in [-0.2, 0) is 6.54 Å². The first-order valence-corrected chi connectivity index (χ1v) is 9.32. The molecule has 0 amide bonds. The number of pyridine rings is 1. The largest absolute Gasteiger partial charge is 0.489 e. The van der Waals surface area contributed by atoms with Crippen LogP contribution in [0.25, 0.3) is 5.82 Å². The fourth-order valence-electron chi connectivity index (χ4n) is 2.54. The smallest absolute Gasteiger partial charge is 0.191 e. The van der Waals surface area contributed by atoms with Crippen LogP contribution in [0.3, 0.4) is 0 Å². The molecule has 154 valence electrons. The van der Waals surface area contributed by atoms with Crippen LogP contribution in [0.1, 0.15) is 12.5 Å². The van der Waals surface area contributed by atoms with Crippen LogP contribution in [0.4, 0.5) is 0 Å². The van der Waals surface area contributed by atoms with E-state index >= 15 is 0 Å². The lowest BCUT2D eigenvalue weighted by Crippen LogP contribution is -2.41. The van der Waals surface area contributed by atoms with Gasteiger partial charge in [0.1, 0.15) is 24.0 Å². The molecule has 1 atom stereocenters. The molecule has 3 aromatic rings. The monoisotopic (exact) mass is 526 g/mol. The van der Waals surface area contributed by atoms with Crippen LogP contribution in [0.5, 0.6) is 5.75 Å². The molecule has 0 fully saturated rings. The van der Waals surface area contributed by atoms with E-state index in [9.17, 15) is 0 Å². The third-order valence-electron chi connectivity index (χ3n) is 3.97. The van der Waals surface area contributed by atoms with Gasteiger partial charge in [0.05, 0.1) is 6.54 Å². The maximum Gasteiger partial charge on any atom is 0.191 e. The highest BCUT2D eigenvalue weighted by Crippen LogP contribution is 2.16. The summed E-state index contributed by atoms with van der Waals surface area (Å²) in [5, 5.41) is 7.26. The summed E-state index contributed by atoms with van der Waals surface area (Å²) in [6.07, 6.45) is 7.06. The molecule has 1 unspecified atom stereocenters. The highest BCUT2D eigenvalue weighted by atomic mass is 127. The molecular weight excluding hydrogens is 503 g/mol. The van der Waals surface area contributed by atoms with Gasteiger partial charge in [-0.05, 0) is 48.9 Å². The minimum absolute atomic E-state index is 0. The van der Waals surface area contributed by atoms with Gasteiger partial charge < -0.3 is 15.4 Å². The fourth-order valence-corrected chi connectivity index (χ4v) is 2.67. The van der Waals surface area contributed by atoms with Gasteiger partial charge in [0.2, 0.25) is 0 Å². The fraction of sp³-hybridized carbons (Fsp3) is 0.250. The number of ether oxygens (including phenoxy) is 1. The number of nitrogens with one attached hydrogen (secondary N) is 2. The van der Waals surface area contributed by atoms with Gasteiger partial charge in [-0.2, -0.15) is 0 Å². The summed E-state index contributed by atoms with van der Waals surface area (Å²) in [6.45, 7) is 3.23. The molecule has 0 aliphatic rings. The molecule has 2 heterocycles. The lowest BCUT2D eigenvalue weighted by molar-refractivity contribution is 0.224.